The van der Waals surface area contributed by atoms with Gasteiger partial charge in [0, 0.05) is 12.3 Å². The zero-order valence-corrected chi connectivity index (χ0v) is 7.17. The lowest BCUT2D eigenvalue weighted by atomic mass is 10.4. The average molecular weight is 182 g/mol. The van der Waals surface area contributed by atoms with Gasteiger partial charge in [0.05, 0.1) is 5.25 Å². The van der Waals surface area contributed by atoms with E-state index in [4.69, 9.17) is 0 Å². The van der Waals surface area contributed by atoms with Crippen LogP contribution in [0.25, 0.3) is 0 Å². The fraction of sp³-hybridized carbons (Fsp3) is 0.286. The molecule has 1 aliphatic heterocycles. The smallest absolute Gasteiger partial charge is 0.260 e. The molecular weight excluding hydrogens is 176 g/mol. The van der Waals surface area contributed by atoms with E-state index in [1.165, 1.54) is 24.0 Å². The molecule has 0 N–H and O–H groups in total. The fourth-order valence-electron chi connectivity index (χ4n) is 1.07. The number of rotatable bonds is 0. The van der Waals surface area contributed by atoms with Crippen molar-refractivity contribution in [3.8, 4) is 0 Å². The second kappa shape index (κ2) is 2.45. The standard InChI is InChI=1S/C7H6N2O2S/c1-4-6(11)9-5(10)2-3-8-7(9)12-4/h2-4H,1H3/t4-/m1/s1. The van der Waals surface area contributed by atoms with Crippen LogP contribution in [0.1, 0.15) is 11.7 Å². The number of thioether (sulfide) groups is 1. The maximum atomic E-state index is 11.3. The van der Waals surface area contributed by atoms with Crippen LogP contribution in [0.2, 0.25) is 0 Å². The lowest BCUT2D eigenvalue weighted by Gasteiger charge is -1.95. The van der Waals surface area contributed by atoms with E-state index in [-0.39, 0.29) is 16.7 Å². The monoisotopic (exact) mass is 182 g/mol. The molecule has 0 fully saturated rings. The number of aromatic nitrogens is 2. The molecule has 5 heteroatoms. The molecular formula is C7H6N2O2S. The molecule has 0 bridgehead atoms. The lowest BCUT2D eigenvalue weighted by molar-refractivity contribution is 0.0908. The Morgan fingerprint density at radius 1 is 1.58 bits per heavy atom. The third kappa shape index (κ3) is 0.896. The van der Waals surface area contributed by atoms with Crippen molar-refractivity contribution < 1.29 is 4.79 Å². The molecule has 0 saturated heterocycles. The molecule has 2 rings (SSSR count). The molecule has 0 aromatic carbocycles. The Labute approximate surface area is 72.6 Å². The second-order valence-corrected chi connectivity index (χ2v) is 3.81. The number of fused-ring (bicyclic) bond motifs is 1. The summed E-state index contributed by atoms with van der Waals surface area (Å²) in [4.78, 5) is 26.4. The normalized spacial score (nSPS) is 21.1. The molecule has 0 aliphatic carbocycles. The highest BCUT2D eigenvalue weighted by molar-refractivity contribution is 8.00. The van der Waals surface area contributed by atoms with Crippen LogP contribution in [0, 0.1) is 0 Å². The second-order valence-electron chi connectivity index (χ2n) is 2.50. The molecule has 1 atom stereocenters. The van der Waals surface area contributed by atoms with Gasteiger partial charge in [-0.25, -0.2) is 9.55 Å². The Morgan fingerprint density at radius 2 is 2.33 bits per heavy atom. The number of carbonyl (C=O) groups is 1. The number of nitrogens with zero attached hydrogens (tertiary/aromatic N) is 2. The first kappa shape index (κ1) is 7.54. The summed E-state index contributed by atoms with van der Waals surface area (Å²) in [6.45, 7) is 1.76. The fourth-order valence-corrected chi connectivity index (χ4v) is 2.00. The van der Waals surface area contributed by atoms with Gasteiger partial charge in [-0.05, 0) is 6.92 Å². The third-order valence-corrected chi connectivity index (χ3v) is 2.72. The minimum Gasteiger partial charge on any atom is -0.273 e. The number of hydrogen-bond acceptors (Lipinski definition) is 4. The highest BCUT2D eigenvalue weighted by atomic mass is 32.2. The summed E-state index contributed by atoms with van der Waals surface area (Å²) in [6.07, 6.45) is 1.42. The van der Waals surface area contributed by atoms with E-state index in [2.05, 4.69) is 4.98 Å². The zero-order valence-electron chi connectivity index (χ0n) is 6.35. The van der Waals surface area contributed by atoms with Crippen LogP contribution in [-0.4, -0.2) is 20.7 Å². The molecule has 0 radical (unpaired) electrons. The van der Waals surface area contributed by atoms with E-state index in [0.717, 1.165) is 4.57 Å². The molecule has 0 saturated carbocycles. The highest BCUT2D eigenvalue weighted by Gasteiger charge is 2.29. The Morgan fingerprint density at radius 3 is 3.00 bits per heavy atom. The van der Waals surface area contributed by atoms with Crippen molar-refractivity contribution in [3.05, 3.63) is 22.6 Å². The van der Waals surface area contributed by atoms with E-state index >= 15 is 0 Å². The molecule has 1 aromatic rings. The number of carbonyl (C=O) groups excluding carboxylic acids is 1. The van der Waals surface area contributed by atoms with Crippen molar-refractivity contribution in [1.29, 1.82) is 0 Å². The molecule has 1 aromatic heterocycles. The Kier molecular flexibility index (Phi) is 1.54. The molecule has 12 heavy (non-hydrogen) atoms. The highest BCUT2D eigenvalue weighted by Crippen LogP contribution is 2.27. The van der Waals surface area contributed by atoms with E-state index in [0.29, 0.717) is 5.16 Å². The largest absolute Gasteiger partial charge is 0.273 e. The first-order valence-corrected chi connectivity index (χ1v) is 4.37. The molecule has 62 valence electrons. The summed E-state index contributed by atoms with van der Waals surface area (Å²) in [5.41, 5.74) is -0.290. The quantitative estimate of drug-likeness (QED) is 0.544. The first-order chi connectivity index (χ1) is 5.70. The average Bonchev–Trinajstić information content (AvgIpc) is 2.29. The molecule has 0 amide bonds. The Hall–Kier alpha value is -1.10. The van der Waals surface area contributed by atoms with Gasteiger partial charge in [0.25, 0.3) is 5.56 Å². The van der Waals surface area contributed by atoms with Crippen molar-refractivity contribution in [3.63, 3.8) is 0 Å². The SMILES string of the molecule is C[C@H]1Sc2nccc(=O)n2C1=O. The lowest BCUT2D eigenvalue weighted by Crippen LogP contribution is -2.27. The van der Waals surface area contributed by atoms with Gasteiger partial charge in [0.15, 0.2) is 5.16 Å². The van der Waals surface area contributed by atoms with Crippen LogP contribution >= 0.6 is 11.8 Å². The number of hydrogen-bond donors (Lipinski definition) is 0. The summed E-state index contributed by atoms with van der Waals surface area (Å²) in [5.74, 6) is -0.173. The van der Waals surface area contributed by atoms with Crippen LogP contribution in [0.4, 0.5) is 0 Å². The van der Waals surface area contributed by atoms with Gasteiger partial charge >= 0.3 is 0 Å². The molecule has 0 spiro atoms. The maximum Gasteiger partial charge on any atom is 0.260 e. The van der Waals surface area contributed by atoms with E-state index < -0.39 is 0 Å². The maximum absolute atomic E-state index is 11.3. The summed E-state index contributed by atoms with van der Waals surface area (Å²) in [7, 11) is 0. The molecule has 1 aliphatic rings. The topological polar surface area (TPSA) is 52.0 Å². The van der Waals surface area contributed by atoms with Gasteiger partial charge < -0.3 is 0 Å². The third-order valence-electron chi connectivity index (χ3n) is 1.66. The zero-order chi connectivity index (χ0) is 8.72. The summed E-state index contributed by atoms with van der Waals surface area (Å²) < 4.78 is 1.12. The minimum absolute atomic E-state index is 0.173. The predicted molar refractivity (Wildman–Crippen MR) is 44.4 cm³/mol. The minimum atomic E-state index is -0.290. The van der Waals surface area contributed by atoms with Crippen LogP contribution in [0.3, 0.4) is 0 Å². The van der Waals surface area contributed by atoms with E-state index in [1.807, 2.05) is 0 Å². The summed E-state index contributed by atoms with van der Waals surface area (Å²) in [6, 6.07) is 1.29. The van der Waals surface area contributed by atoms with Gasteiger partial charge in [-0.15, -0.1) is 0 Å². The predicted octanol–water partition coefficient (Wildman–Crippen LogP) is 0.378. The Bertz CT molecular complexity index is 399. The molecule has 2 heterocycles. The van der Waals surface area contributed by atoms with Gasteiger partial charge in [-0.2, -0.15) is 0 Å². The summed E-state index contributed by atoms with van der Waals surface area (Å²) >= 11 is 1.32. The van der Waals surface area contributed by atoms with Crippen LogP contribution < -0.4 is 5.56 Å². The molecule has 4 nitrogen and oxygen atoms in total. The Balaban J connectivity index is 2.70. The molecule has 0 unspecified atom stereocenters. The van der Waals surface area contributed by atoms with Gasteiger partial charge in [-0.3, -0.25) is 9.59 Å². The van der Waals surface area contributed by atoms with Gasteiger partial charge in [0.1, 0.15) is 0 Å². The summed E-state index contributed by atoms with van der Waals surface area (Å²) in [5, 5.41) is 0.313. The van der Waals surface area contributed by atoms with Crippen LogP contribution in [0.15, 0.2) is 22.2 Å². The van der Waals surface area contributed by atoms with Crippen LogP contribution in [-0.2, 0) is 0 Å². The van der Waals surface area contributed by atoms with E-state index in [1.54, 1.807) is 6.92 Å². The van der Waals surface area contributed by atoms with E-state index in [9.17, 15) is 9.59 Å². The van der Waals surface area contributed by atoms with Crippen molar-refractivity contribution in [2.75, 3.05) is 0 Å². The van der Waals surface area contributed by atoms with Gasteiger partial charge in [0.2, 0.25) is 5.91 Å². The van der Waals surface area contributed by atoms with Crippen LogP contribution in [0.5, 0.6) is 0 Å². The van der Waals surface area contributed by atoms with Gasteiger partial charge in [-0.1, -0.05) is 11.8 Å². The first-order valence-electron chi connectivity index (χ1n) is 3.49. The van der Waals surface area contributed by atoms with Crippen molar-refractivity contribution >= 4 is 17.7 Å². The van der Waals surface area contributed by atoms with Crippen molar-refractivity contribution in [2.24, 2.45) is 0 Å². The van der Waals surface area contributed by atoms with Crippen molar-refractivity contribution in [2.45, 2.75) is 17.3 Å². The van der Waals surface area contributed by atoms with Crippen molar-refractivity contribution in [1.82, 2.24) is 9.55 Å².